The molecule has 0 bridgehead atoms. The molecule has 2 heterocycles. The van der Waals surface area contributed by atoms with Gasteiger partial charge in [-0.05, 0) is 6.42 Å². The van der Waals surface area contributed by atoms with E-state index in [4.69, 9.17) is 4.74 Å². The molecule has 2 aromatic heterocycles. The van der Waals surface area contributed by atoms with Crippen LogP contribution in [0.15, 0.2) is 6.20 Å². The van der Waals surface area contributed by atoms with Gasteiger partial charge in [0.05, 0.1) is 12.8 Å². The summed E-state index contributed by atoms with van der Waals surface area (Å²) in [7, 11) is 1.77. The molecule has 2 N–H and O–H groups in total. The lowest BCUT2D eigenvalue weighted by molar-refractivity contribution is 0.309. The van der Waals surface area contributed by atoms with Crippen molar-refractivity contribution >= 4 is 17.0 Å². The van der Waals surface area contributed by atoms with E-state index in [1.165, 1.54) is 0 Å². The molecule has 0 aromatic carbocycles. The van der Waals surface area contributed by atoms with E-state index in [1.54, 1.807) is 13.2 Å². The Morgan fingerprint density at radius 3 is 3.07 bits per heavy atom. The van der Waals surface area contributed by atoms with E-state index in [1.807, 2.05) is 6.92 Å². The summed E-state index contributed by atoms with van der Waals surface area (Å²) in [6.45, 7) is 2.69. The van der Waals surface area contributed by atoms with E-state index in [-0.39, 0.29) is 0 Å². The summed E-state index contributed by atoms with van der Waals surface area (Å²) in [5.74, 6) is 1.10. The summed E-state index contributed by atoms with van der Waals surface area (Å²) in [6.07, 6.45) is 2.61. The van der Waals surface area contributed by atoms with Gasteiger partial charge in [-0.1, -0.05) is 6.92 Å². The van der Waals surface area contributed by atoms with E-state index in [2.05, 4.69) is 25.5 Å². The molecule has 2 aromatic rings. The maximum absolute atomic E-state index is 5.52. The van der Waals surface area contributed by atoms with Gasteiger partial charge in [-0.2, -0.15) is 15.1 Å². The first-order valence-electron chi connectivity index (χ1n) is 4.86. The van der Waals surface area contributed by atoms with Crippen LogP contribution in [0, 0.1) is 0 Å². The molecule has 80 valence electrons. The van der Waals surface area contributed by atoms with Crippen molar-refractivity contribution in [1.82, 2.24) is 20.2 Å². The van der Waals surface area contributed by atoms with Gasteiger partial charge in [0.1, 0.15) is 5.39 Å². The predicted octanol–water partition coefficient (Wildman–Crippen LogP) is 1.18. The molecule has 0 atom stereocenters. The Bertz CT molecular complexity index is 453. The van der Waals surface area contributed by atoms with Crippen LogP contribution < -0.4 is 10.1 Å². The highest BCUT2D eigenvalue weighted by molar-refractivity contribution is 5.80. The van der Waals surface area contributed by atoms with Crippen molar-refractivity contribution in [2.75, 3.05) is 19.0 Å². The summed E-state index contributed by atoms with van der Waals surface area (Å²) in [5, 5.41) is 10.4. The number of nitrogens with zero attached hydrogens (tertiary/aromatic N) is 3. The van der Waals surface area contributed by atoms with E-state index in [0.29, 0.717) is 24.1 Å². The fraction of sp³-hybridized carbons (Fsp3) is 0.444. The molecule has 0 spiro atoms. The highest BCUT2D eigenvalue weighted by Gasteiger charge is 2.09. The maximum atomic E-state index is 5.52. The van der Waals surface area contributed by atoms with E-state index >= 15 is 0 Å². The van der Waals surface area contributed by atoms with E-state index < -0.39 is 0 Å². The minimum atomic E-state index is 0.526. The average molecular weight is 207 g/mol. The van der Waals surface area contributed by atoms with Crippen molar-refractivity contribution in [1.29, 1.82) is 0 Å². The monoisotopic (exact) mass is 207 g/mol. The Balaban J connectivity index is 2.43. The van der Waals surface area contributed by atoms with Gasteiger partial charge >= 0.3 is 0 Å². The Hall–Kier alpha value is -1.85. The predicted molar refractivity (Wildman–Crippen MR) is 57.0 cm³/mol. The smallest absolute Gasteiger partial charge is 0.229 e. The van der Waals surface area contributed by atoms with Crippen LogP contribution in [0.5, 0.6) is 5.88 Å². The van der Waals surface area contributed by atoms with Gasteiger partial charge in [-0.25, -0.2) is 0 Å². The standard InChI is InChI=1S/C9H13N5O/c1-3-4-15-8-6-5-11-14-7(6)12-9(10-2)13-8/h5H,3-4H2,1-2H3,(H2,10,11,12,13,14). The van der Waals surface area contributed by atoms with Crippen molar-refractivity contribution in [2.45, 2.75) is 13.3 Å². The number of rotatable bonds is 4. The van der Waals surface area contributed by atoms with Gasteiger partial charge in [-0.3, -0.25) is 5.10 Å². The van der Waals surface area contributed by atoms with Crippen molar-refractivity contribution in [3.63, 3.8) is 0 Å². The highest BCUT2D eigenvalue weighted by atomic mass is 16.5. The minimum absolute atomic E-state index is 0.526. The third-order valence-corrected chi connectivity index (χ3v) is 1.94. The SMILES string of the molecule is CCCOc1nc(NC)nc2[nH]ncc12. The summed E-state index contributed by atoms with van der Waals surface area (Å²) in [6, 6.07) is 0. The lowest BCUT2D eigenvalue weighted by atomic mass is 10.4. The van der Waals surface area contributed by atoms with Crippen molar-refractivity contribution in [2.24, 2.45) is 0 Å². The van der Waals surface area contributed by atoms with Crippen LogP contribution in [0.2, 0.25) is 0 Å². The van der Waals surface area contributed by atoms with Crippen LogP contribution in [0.25, 0.3) is 11.0 Å². The molecule has 0 unspecified atom stereocenters. The first-order chi connectivity index (χ1) is 7.35. The summed E-state index contributed by atoms with van der Waals surface area (Å²) >= 11 is 0. The number of aromatic nitrogens is 4. The zero-order valence-corrected chi connectivity index (χ0v) is 8.74. The Labute approximate surface area is 87.1 Å². The first kappa shape index (κ1) is 9.70. The molecule has 15 heavy (non-hydrogen) atoms. The van der Waals surface area contributed by atoms with Gasteiger partial charge in [0.2, 0.25) is 11.8 Å². The van der Waals surface area contributed by atoms with E-state index in [0.717, 1.165) is 11.8 Å². The molecule has 2 rings (SSSR count). The fourth-order valence-corrected chi connectivity index (χ4v) is 1.23. The molecule has 0 saturated carbocycles. The molecule has 0 amide bonds. The largest absolute Gasteiger partial charge is 0.477 e. The third kappa shape index (κ3) is 1.83. The molecule has 6 nitrogen and oxygen atoms in total. The van der Waals surface area contributed by atoms with Crippen LogP contribution in [-0.2, 0) is 0 Å². The number of ether oxygens (including phenoxy) is 1. The molecule has 0 radical (unpaired) electrons. The minimum Gasteiger partial charge on any atom is -0.477 e. The molecular formula is C9H13N5O. The summed E-state index contributed by atoms with van der Waals surface area (Å²) in [4.78, 5) is 8.43. The zero-order valence-electron chi connectivity index (χ0n) is 8.74. The molecule has 0 aliphatic carbocycles. The Morgan fingerprint density at radius 2 is 2.33 bits per heavy atom. The van der Waals surface area contributed by atoms with Crippen molar-refractivity contribution < 1.29 is 4.74 Å². The molecule has 0 fully saturated rings. The first-order valence-corrected chi connectivity index (χ1v) is 4.86. The van der Waals surface area contributed by atoms with Crippen LogP contribution in [0.3, 0.4) is 0 Å². The number of anilines is 1. The zero-order chi connectivity index (χ0) is 10.7. The summed E-state index contributed by atoms with van der Waals surface area (Å²) in [5.41, 5.74) is 0.681. The fourth-order valence-electron chi connectivity index (χ4n) is 1.23. The number of nitrogens with one attached hydrogen (secondary N) is 2. The molecule has 0 aliphatic heterocycles. The number of fused-ring (bicyclic) bond motifs is 1. The molecule has 0 saturated heterocycles. The topological polar surface area (TPSA) is 75.7 Å². The number of hydrogen-bond donors (Lipinski definition) is 2. The Kier molecular flexibility index (Phi) is 2.66. The second-order valence-corrected chi connectivity index (χ2v) is 3.08. The number of H-pyrrole nitrogens is 1. The maximum Gasteiger partial charge on any atom is 0.229 e. The van der Waals surface area contributed by atoms with E-state index in [9.17, 15) is 0 Å². The molecule has 0 aliphatic rings. The second kappa shape index (κ2) is 4.12. The molecular weight excluding hydrogens is 194 g/mol. The lowest BCUT2D eigenvalue weighted by Crippen LogP contribution is -2.02. The van der Waals surface area contributed by atoms with Crippen molar-refractivity contribution in [3.8, 4) is 5.88 Å². The second-order valence-electron chi connectivity index (χ2n) is 3.08. The van der Waals surface area contributed by atoms with Crippen molar-refractivity contribution in [3.05, 3.63) is 6.20 Å². The van der Waals surface area contributed by atoms with Crippen LogP contribution >= 0.6 is 0 Å². The Morgan fingerprint density at radius 1 is 1.47 bits per heavy atom. The van der Waals surface area contributed by atoms with Gasteiger partial charge < -0.3 is 10.1 Å². The lowest BCUT2D eigenvalue weighted by Gasteiger charge is -2.05. The van der Waals surface area contributed by atoms with Gasteiger partial charge in [0, 0.05) is 7.05 Å². The van der Waals surface area contributed by atoms with Crippen LogP contribution in [-0.4, -0.2) is 33.8 Å². The third-order valence-electron chi connectivity index (χ3n) is 1.94. The van der Waals surface area contributed by atoms with Gasteiger partial charge in [-0.15, -0.1) is 0 Å². The molecule has 6 heteroatoms. The van der Waals surface area contributed by atoms with Crippen LogP contribution in [0.1, 0.15) is 13.3 Å². The normalized spacial score (nSPS) is 10.5. The van der Waals surface area contributed by atoms with Gasteiger partial charge in [0.25, 0.3) is 0 Å². The summed E-state index contributed by atoms with van der Waals surface area (Å²) < 4.78 is 5.52. The average Bonchev–Trinajstić information content (AvgIpc) is 2.73. The number of aromatic amines is 1. The number of hydrogen-bond acceptors (Lipinski definition) is 5. The van der Waals surface area contributed by atoms with Crippen LogP contribution in [0.4, 0.5) is 5.95 Å². The quantitative estimate of drug-likeness (QED) is 0.787. The highest BCUT2D eigenvalue weighted by Crippen LogP contribution is 2.21. The van der Waals surface area contributed by atoms with Gasteiger partial charge in [0.15, 0.2) is 5.65 Å².